The summed E-state index contributed by atoms with van der Waals surface area (Å²) in [6.45, 7) is 0. The topological polar surface area (TPSA) is 17.1 Å². The van der Waals surface area contributed by atoms with Gasteiger partial charge in [-0.3, -0.25) is 0 Å². The van der Waals surface area contributed by atoms with Gasteiger partial charge in [-0.15, -0.1) is 0 Å². The van der Waals surface area contributed by atoms with Crippen molar-refractivity contribution in [3.63, 3.8) is 0 Å². The molecule has 0 atom stereocenters. The third kappa shape index (κ3) is 89.4. The molecular weight excluding hydrogens is 150 g/mol. The quantitative estimate of drug-likeness (QED) is 0.426. The monoisotopic (exact) mass is 152 g/mol. The third-order valence-corrected chi connectivity index (χ3v) is 0. The molecule has 7 heavy (non-hydrogen) atoms. The van der Waals surface area contributed by atoms with Crippen LogP contribution in [0.2, 0.25) is 0 Å². The molecule has 0 bridgehead atoms. The van der Waals surface area contributed by atoms with E-state index in [0.717, 1.165) is 0 Å². The summed E-state index contributed by atoms with van der Waals surface area (Å²) < 4.78 is 37.7. The number of hydrogen-bond acceptors (Lipinski definition) is 1. The molecule has 0 aliphatic carbocycles. The molecular formula is H2Al2F3NaO. The van der Waals surface area contributed by atoms with Gasteiger partial charge in [0.1, 0.15) is 0 Å². The van der Waals surface area contributed by atoms with Crippen LogP contribution in [-0.2, 0) is 3.80 Å². The summed E-state index contributed by atoms with van der Waals surface area (Å²) in [5, 5.41) is 0. The van der Waals surface area contributed by atoms with Gasteiger partial charge in [0.2, 0.25) is 0 Å². The zero-order chi connectivity index (χ0) is 5.58. The summed E-state index contributed by atoms with van der Waals surface area (Å²) in [7, 11) is 0. The van der Waals surface area contributed by atoms with Crippen LogP contribution in [0.3, 0.4) is 0 Å². The molecule has 0 rings (SSSR count). The Labute approximate surface area is 75.0 Å². The van der Waals surface area contributed by atoms with Gasteiger partial charge in [-0.25, -0.2) is 0 Å². The van der Waals surface area contributed by atoms with E-state index in [9.17, 15) is 10.6 Å². The zero-order valence-corrected chi connectivity index (χ0v) is 5.40. The first-order valence-electron chi connectivity index (χ1n) is 0.943. The molecule has 0 aromatic rings. The van der Waals surface area contributed by atoms with Gasteiger partial charge in [0, 0.05) is 0 Å². The molecule has 0 radical (unpaired) electrons. The second kappa shape index (κ2) is 15.6. The van der Waals surface area contributed by atoms with Crippen LogP contribution >= 0.6 is 0 Å². The van der Waals surface area contributed by atoms with Gasteiger partial charge in [-0.2, -0.15) is 0 Å². The summed E-state index contributed by atoms with van der Waals surface area (Å²) in [5.41, 5.74) is 0. The van der Waals surface area contributed by atoms with Crippen LogP contribution in [0.4, 0.5) is 10.6 Å². The molecule has 1 nitrogen and oxygen atoms in total. The molecule has 0 aliphatic heterocycles. The number of hydrogen-bond donors (Lipinski definition) is 0. The summed E-state index contributed by atoms with van der Waals surface area (Å²) in [6.07, 6.45) is 0. The number of rotatable bonds is 0. The van der Waals surface area contributed by atoms with Crippen molar-refractivity contribution in [1.29, 1.82) is 0 Å². The van der Waals surface area contributed by atoms with Crippen LogP contribution in [0.1, 0.15) is 0 Å². The maximum atomic E-state index is 9.81. The van der Waals surface area contributed by atoms with Crippen LogP contribution in [0.25, 0.3) is 0 Å². The van der Waals surface area contributed by atoms with E-state index >= 15 is 0 Å². The molecule has 0 N–H and O–H groups in total. The average Bonchev–Trinajstić information content (AvgIpc) is 1.41. The van der Waals surface area contributed by atoms with Gasteiger partial charge in [0.15, 0.2) is 0 Å². The van der Waals surface area contributed by atoms with E-state index < -0.39 is 15.5 Å². The summed E-state index contributed by atoms with van der Waals surface area (Å²) in [5.74, 6) is 0. The van der Waals surface area contributed by atoms with Gasteiger partial charge >= 0.3 is 65.1 Å². The average molecular weight is 152 g/mol. The van der Waals surface area contributed by atoms with Crippen LogP contribution in [-0.4, -0.2) is 61.3 Å². The SMILES string of the molecule is [F][Al]([F])[F].[NaH].[O]=[AlH]. The Balaban J connectivity index is -0.0000000480. The minimum atomic E-state index is -4.64. The van der Waals surface area contributed by atoms with Crippen LogP contribution < -0.4 is 0 Å². The molecule has 0 fully saturated rings. The van der Waals surface area contributed by atoms with Gasteiger partial charge in [-0.1, -0.05) is 0 Å². The van der Waals surface area contributed by atoms with Crippen LogP contribution in [0.15, 0.2) is 0 Å². The molecule has 0 aromatic heterocycles. The van der Waals surface area contributed by atoms with Crippen molar-refractivity contribution in [2.45, 2.75) is 0 Å². The van der Waals surface area contributed by atoms with Gasteiger partial charge in [0.25, 0.3) is 0 Å². The summed E-state index contributed by atoms with van der Waals surface area (Å²) in [6, 6.07) is 0. The predicted octanol–water partition coefficient (Wildman–Crippen LogP) is -0.536. The van der Waals surface area contributed by atoms with Crippen molar-refractivity contribution >= 4 is 61.3 Å². The molecule has 0 saturated heterocycles. The Kier molecular flexibility index (Phi) is 35.4. The fourth-order valence-electron chi connectivity index (χ4n) is 0. The second-order valence-corrected chi connectivity index (χ2v) is 0.742. The van der Waals surface area contributed by atoms with Crippen molar-refractivity contribution in [2.24, 2.45) is 0 Å². The Morgan fingerprint density at radius 3 is 1.14 bits per heavy atom. The van der Waals surface area contributed by atoms with E-state index in [1.165, 1.54) is 0 Å². The third-order valence-electron chi connectivity index (χ3n) is 0. The van der Waals surface area contributed by atoms with Crippen LogP contribution in [0.5, 0.6) is 0 Å². The molecule has 0 aliphatic rings. The van der Waals surface area contributed by atoms with Crippen molar-refractivity contribution in [3.8, 4) is 0 Å². The van der Waals surface area contributed by atoms with Gasteiger partial charge < -0.3 is 10.6 Å². The molecule has 0 saturated carbocycles. The molecule has 0 aromatic carbocycles. The van der Waals surface area contributed by atoms with E-state index in [1.54, 1.807) is 0 Å². The van der Waals surface area contributed by atoms with Crippen molar-refractivity contribution in [2.75, 3.05) is 0 Å². The van der Waals surface area contributed by atoms with Crippen LogP contribution in [0, 0.1) is 0 Å². The van der Waals surface area contributed by atoms with E-state index in [-0.39, 0.29) is 29.6 Å². The predicted molar refractivity (Wildman–Crippen MR) is 24.1 cm³/mol. The van der Waals surface area contributed by atoms with E-state index in [0.29, 0.717) is 16.2 Å². The van der Waals surface area contributed by atoms with Crippen molar-refractivity contribution in [1.82, 2.24) is 0 Å². The Bertz CT molecular complexity index is 24.1. The normalized spacial score (nSPS) is 4.29. The van der Waals surface area contributed by atoms with Gasteiger partial charge in [0.05, 0.1) is 0 Å². The zero-order valence-electron chi connectivity index (χ0n) is 2.83. The van der Waals surface area contributed by atoms with Crippen molar-refractivity contribution < 1.29 is 14.4 Å². The molecule has 0 amide bonds. The molecule has 36 valence electrons. The second-order valence-electron chi connectivity index (χ2n) is 0.247. The molecule has 0 heterocycles. The minimum absolute atomic E-state index is 0. The Hall–Kier alpha value is 1.65. The van der Waals surface area contributed by atoms with E-state index in [2.05, 4.69) is 0 Å². The van der Waals surface area contributed by atoms with Crippen molar-refractivity contribution in [3.05, 3.63) is 0 Å². The summed E-state index contributed by atoms with van der Waals surface area (Å²) >= 11 is -4.03. The Morgan fingerprint density at radius 2 is 1.14 bits per heavy atom. The first kappa shape index (κ1) is 15.9. The number of halogens is 3. The molecule has 0 spiro atoms. The molecule has 0 unspecified atom stereocenters. The fourth-order valence-corrected chi connectivity index (χ4v) is 0. The Morgan fingerprint density at radius 1 is 1.14 bits per heavy atom. The summed E-state index contributed by atoms with van der Waals surface area (Å²) in [4.78, 5) is 0. The molecule has 7 heteroatoms. The fraction of sp³-hybridized carbons (Fsp3) is 0. The van der Waals surface area contributed by atoms with E-state index in [4.69, 9.17) is 3.80 Å². The maximum absolute atomic E-state index is 9.81. The standard InChI is InChI=1S/2Al.3FH.Na.O.2H/h;;3*1H;;;;/q;+3;;;;;;;/p-3. The first-order valence-corrected chi connectivity index (χ1v) is 2.83. The van der Waals surface area contributed by atoms with E-state index in [1.807, 2.05) is 0 Å². The van der Waals surface area contributed by atoms with Gasteiger partial charge in [-0.05, 0) is 0 Å². The first-order chi connectivity index (χ1) is 2.73.